The fourth-order valence-corrected chi connectivity index (χ4v) is 3.89. The monoisotopic (exact) mass is 423 g/mol. The van der Waals surface area contributed by atoms with Crippen LogP contribution in [0.4, 0.5) is 8.78 Å². The first-order valence-electron chi connectivity index (χ1n) is 9.28. The van der Waals surface area contributed by atoms with Gasteiger partial charge in [-0.05, 0) is 47.6 Å². The first-order valence-corrected chi connectivity index (χ1v) is 10.2. The van der Waals surface area contributed by atoms with Crippen molar-refractivity contribution in [3.8, 4) is 17.4 Å². The Kier molecular flexibility index (Phi) is 4.88. The molecule has 4 aromatic rings. The van der Waals surface area contributed by atoms with Crippen LogP contribution in [-0.2, 0) is 6.61 Å². The zero-order valence-electron chi connectivity index (χ0n) is 15.6. The Morgan fingerprint density at radius 3 is 2.37 bits per heavy atom. The molecule has 1 aromatic carbocycles. The van der Waals surface area contributed by atoms with E-state index in [0.29, 0.717) is 22.2 Å². The van der Waals surface area contributed by atoms with E-state index in [1.165, 1.54) is 17.4 Å². The summed E-state index contributed by atoms with van der Waals surface area (Å²) in [4.78, 5) is 21.0. The van der Waals surface area contributed by atoms with Crippen molar-refractivity contribution >= 4 is 11.3 Å². The molecule has 0 spiro atoms. The van der Waals surface area contributed by atoms with Crippen molar-refractivity contribution in [2.75, 3.05) is 0 Å². The van der Waals surface area contributed by atoms with Crippen molar-refractivity contribution in [3.05, 3.63) is 82.3 Å². The number of ether oxygens (including phenoxy) is 1. The predicted molar refractivity (Wildman–Crippen MR) is 106 cm³/mol. The van der Waals surface area contributed by atoms with E-state index in [1.807, 2.05) is 0 Å². The predicted octanol–water partition coefficient (Wildman–Crippen LogP) is 4.52. The molecule has 0 aliphatic heterocycles. The average Bonchev–Trinajstić information content (AvgIpc) is 3.41. The summed E-state index contributed by atoms with van der Waals surface area (Å²) in [6.45, 7) is 0.0996. The van der Waals surface area contributed by atoms with Crippen molar-refractivity contribution in [1.82, 2.24) is 24.9 Å². The lowest BCUT2D eigenvalue weighted by Gasteiger charge is -2.09. The lowest BCUT2D eigenvalue weighted by molar-refractivity contribution is 0.283. The second-order valence-electron chi connectivity index (χ2n) is 6.89. The molecule has 0 amide bonds. The van der Waals surface area contributed by atoms with Crippen LogP contribution < -0.4 is 4.74 Å². The van der Waals surface area contributed by atoms with Crippen LogP contribution in [0.2, 0.25) is 0 Å². The number of halogens is 2. The van der Waals surface area contributed by atoms with E-state index < -0.39 is 11.6 Å². The summed E-state index contributed by atoms with van der Waals surface area (Å²) in [6, 6.07) is 4.54. The third-order valence-corrected chi connectivity index (χ3v) is 5.69. The molecule has 0 bridgehead atoms. The standard InChI is InChI=1S/C21H15F2N5OS/c22-16-6-12(7-17(19(16)23)29-11-18-24-4-5-30-18)14-8-15(14)13-9-27-21(28-10-13)20-25-2-1-3-26-20/h1-7,9-10,14-15H,8,11H2/t14-,15-/m0/s1. The number of nitrogens with zero attached hydrogens (tertiary/aromatic N) is 5. The molecule has 0 N–H and O–H groups in total. The molecule has 1 aliphatic rings. The highest BCUT2D eigenvalue weighted by Gasteiger charge is 2.41. The molecule has 150 valence electrons. The van der Waals surface area contributed by atoms with Gasteiger partial charge in [0.25, 0.3) is 0 Å². The molecule has 1 saturated carbocycles. The SMILES string of the molecule is Fc1cc([C@@H]2C[C@H]2c2cnc(-c3ncccn3)nc2)cc(OCc2nccs2)c1F. The molecule has 3 aromatic heterocycles. The number of rotatable bonds is 6. The second-order valence-corrected chi connectivity index (χ2v) is 7.87. The Hall–Kier alpha value is -3.33. The molecule has 0 unspecified atom stereocenters. The molecule has 2 atom stereocenters. The van der Waals surface area contributed by atoms with Gasteiger partial charge in [0.05, 0.1) is 0 Å². The fraction of sp³-hybridized carbons (Fsp3) is 0.190. The quantitative estimate of drug-likeness (QED) is 0.454. The van der Waals surface area contributed by atoms with Gasteiger partial charge >= 0.3 is 0 Å². The molecule has 1 aliphatic carbocycles. The zero-order valence-corrected chi connectivity index (χ0v) is 16.4. The Labute approximate surface area is 174 Å². The van der Waals surface area contributed by atoms with Crippen LogP contribution in [0.5, 0.6) is 5.75 Å². The zero-order chi connectivity index (χ0) is 20.5. The topological polar surface area (TPSA) is 73.7 Å². The molecular formula is C21H15F2N5OS. The van der Waals surface area contributed by atoms with Crippen molar-refractivity contribution in [1.29, 1.82) is 0 Å². The van der Waals surface area contributed by atoms with Crippen molar-refractivity contribution in [2.45, 2.75) is 24.9 Å². The molecule has 6 nitrogen and oxygen atoms in total. The molecule has 0 saturated heterocycles. The minimum absolute atomic E-state index is 0.0599. The van der Waals surface area contributed by atoms with Gasteiger partial charge < -0.3 is 4.74 Å². The molecule has 0 radical (unpaired) electrons. The Bertz CT molecular complexity index is 1160. The van der Waals surface area contributed by atoms with Crippen LogP contribution >= 0.6 is 11.3 Å². The van der Waals surface area contributed by atoms with Gasteiger partial charge in [0.15, 0.2) is 23.2 Å². The summed E-state index contributed by atoms with van der Waals surface area (Å²) in [5.74, 6) is -0.889. The van der Waals surface area contributed by atoms with E-state index in [1.54, 1.807) is 48.5 Å². The van der Waals surface area contributed by atoms with E-state index >= 15 is 0 Å². The largest absolute Gasteiger partial charge is 0.483 e. The van der Waals surface area contributed by atoms with Gasteiger partial charge in [-0.25, -0.2) is 29.3 Å². The van der Waals surface area contributed by atoms with Crippen LogP contribution in [0.3, 0.4) is 0 Å². The third-order valence-electron chi connectivity index (χ3n) is 4.94. The maximum atomic E-state index is 14.2. The van der Waals surface area contributed by atoms with E-state index in [0.717, 1.165) is 12.0 Å². The number of thiazole rings is 1. The van der Waals surface area contributed by atoms with E-state index in [9.17, 15) is 8.78 Å². The Morgan fingerprint density at radius 1 is 0.900 bits per heavy atom. The minimum atomic E-state index is -0.983. The van der Waals surface area contributed by atoms with Crippen molar-refractivity contribution in [2.24, 2.45) is 0 Å². The molecule has 30 heavy (non-hydrogen) atoms. The Morgan fingerprint density at radius 2 is 1.63 bits per heavy atom. The highest BCUT2D eigenvalue weighted by Crippen LogP contribution is 2.55. The summed E-state index contributed by atoms with van der Waals surface area (Å²) in [5.41, 5.74) is 1.64. The van der Waals surface area contributed by atoms with Crippen LogP contribution in [0.25, 0.3) is 11.6 Å². The van der Waals surface area contributed by atoms with Gasteiger partial charge in [0.1, 0.15) is 11.6 Å². The first-order chi connectivity index (χ1) is 14.7. The Balaban J connectivity index is 1.32. The molecule has 9 heteroatoms. The highest BCUT2D eigenvalue weighted by molar-refractivity contribution is 7.09. The number of hydrogen-bond donors (Lipinski definition) is 0. The van der Waals surface area contributed by atoms with Gasteiger partial charge in [-0.15, -0.1) is 11.3 Å². The van der Waals surface area contributed by atoms with Crippen molar-refractivity contribution < 1.29 is 13.5 Å². The van der Waals surface area contributed by atoms with Gasteiger partial charge in [0.2, 0.25) is 5.82 Å². The third kappa shape index (κ3) is 3.76. The summed E-state index contributed by atoms with van der Waals surface area (Å²) in [6.07, 6.45) is 9.19. The maximum absolute atomic E-state index is 14.2. The number of hydrogen-bond acceptors (Lipinski definition) is 7. The fourth-order valence-electron chi connectivity index (χ4n) is 3.36. The van der Waals surface area contributed by atoms with Crippen LogP contribution in [0.1, 0.15) is 34.4 Å². The van der Waals surface area contributed by atoms with Gasteiger partial charge in [0, 0.05) is 36.4 Å². The van der Waals surface area contributed by atoms with Gasteiger partial charge in [-0.3, -0.25) is 0 Å². The molecule has 5 rings (SSSR count). The summed E-state index contributed by atoms with van der Waals surface area (Å²) < 4.78 is 33.8. The lowest BCUT2D eigenvalue weighted by atomic mass is 10.1. The average molecular weight is 423 g/mol. The van der Waals surface area contributed by atoms with E-state index in [2.05, 4.69) is 24.9 Å². The number of benzene rings is 1. The highest BCUT2D eigenvalue weighted by atomic mass is 32.1. The maximum Gasteiger partial charge on any atom is 0.200 e. The van der Waals surface area contributed by atoms with E-state index in [4.69, 9.17) is 4.74 Å². The van der Waals surface area contributed by atoms with Crippen LogP contribution in [-0.4, -0.2) is 24.9 Å². The van der Waals surface area contributed by atoms with Crippen molar-refractivity contribution in [3.63, 3.8) is 0 Å². The van der Waals surface area contributed by atoms with Gasteiger partial charge in [-0.2, -0.15) is 4.39 Å². The summed E-state index contributed by atoms with van der Waals surface area (Å²) in [5, 5.41) is 2.50. The summed E-state index contributed by atoms with van der Waals surface area (Å²) >= 11 is 1.40. The normalized spacial score (nSPS) is 17.7. The van der Waals surface area contributed by atoms with Crippen LogP contribution in [0.15, 0.2) is 54.6 Å². The lowest BCUT2D eigenvalue weighted by Crippen LogP contribution is -2.00. The molecule has 1 fully saturated rings. The molecule has 3 heterocycles. The van der Waals surface area contributed by atoms with Crippen LogP contribution in [0, 0.1) is 11.6 Å². The molecular weight excluding hydrogens is 408 g/mol. The number of aromatic nitrogens is 5. The summed E-state index contributed by atoms with van der Waals surface area (Å²) in [7, 11) is 0. The minimum Gasteiger partial charge on any atom is -0.483 e. The van der Waals surface area contributed by atoms with E-state index in [-0.39, 0.29) is 24.2 Å². The smallest absolute Gasteiger partial charge is 0.200 e. The second kappa shape index (κ2) is 7.83. The van der Waals surface area contributed by atoms with Gasteiger partial charge in [-0.1, -0.05) is 0 Å². The first kappa shape index (κ1) is 18.7.